The summed E-state index contributed by atoms with van der Waals surface area (Å²) in [5.74, 6) is -0.222. The molecule has 0 atom stereocenters. The zero-order chi connectivity index (χ0) is 11.5. The highest BCUT2D eigenvalue weighted by Gasteiger charge is 2.08. The summed E-state index contributed by atoms with van der Waals surface area (Å²) in [6, 6.07) is 6.55. The summed E-state index contributed by atoms with van der Waals surface area (Å²) >= 11 is 1.60. The highest BCUT2D eigenvalue weighted by atomic mass is 32.1. The van der Waals surface area contributed by atoms with Gasteiger partial charge >= 0.3 is 0 Å². The van der Waals surface area contributed by atoms with E-state index in [0.29, 0.717) is 0 Å². The average Bonchev–Trinajstić information content (AvgIpc) is 2.61. The monoisotopic (exact) mass is 236 g/mol. The smallest absolute Gasteiger partial charge is 0.124 e. The molecule has 0 bridgehead atoms. The second-order valence-electron chi connectivity index (χ2n) is 3.56. The van der Waals surface area contributed by atoms with Crippen molar-refractivity contribution in [3.05, 3.63) is 40.7 Å². The lowest BCUT2D eigenvalue weighted by atomic mass is 10.2. The number of hydrogen-bond acceptors (Lipinski definition) is 3. The number of nitrogens with one attached hydrogen (secondary N) is 1. The SMILES string of the molecule is CNCc1nc(-c2cccc(F)c2)sc1C. The van der Waals surface area contributed by atoms with Crippen molar-refractivity contribution in [2.75, 3.05) is 7.05 Å². The number of thiazole rings is 1. The highest BCUT2D eigenvalue weighted by Crippen LogP contribution is 2.27. The lowest BCUT2D eigenvalue weighted by Gasteiger charge is -1.96. The van der Waals surface area contributed by atoms with E-state index in [-0.39, 0.29) is 5.82 Å². The number of aryl methyl sites for hydroxylation is 1. The quantitative estimate of drug-likeness (QED) is 0.886. The molecule has 0 aliphatic rings. The maximum absolute atomic E-state index is 13.1. The van der Waals surface area contributed by atoms with Gasteiger partial charge in [0, 0.05) is 17.0 Å². The van der Waals surface area contributed by atoms with E-state index in [1.807, 2.05) is 20.0 Å². The number of hydrogen-bond donors (Lipinski definition) is 1. The summed E-state index contributed by atoms with van der Waals surface area (Å²) in [7, 11) is 1.89. The minimum atomic E-state index is -0.222. The Morgan fingerprint density at radius 3 is 2.94 bits per heavy atom. The van der Waals surface area contributed by atoms with Gasteiger partial charge in [-0.05, 0) is 26.1 Å². The molecule has 84 valence electrons. The van der Waals surface area contributed by atoms with Gasteiger partial charge in [0.2, 0.25) is 0 Å². The van der Waals surface area contributed by atoms with Crippen molar-refractivity contribution < 1.29 is 4.39 Å². The lowest BCUT2D eigenvalue weighted by molar-refractivity contribution is 0.628. The summed E-state index contributed by atoms with van der Waals surface area (Å²) in [6.07, 6.45) is 0. The maximum Gasteiger partial charge on any atom is 0.124 e. The predicted molar refractivity (Wildman–Crippen MR) is 65.0 cm³/mol. The van der Waals surface area contributed by atoms with Crippen LogP contribution in [0.4, 0.5) is 4.39 Å². The van der Waals surface area contributed by atoms with E-state index < -0.39 is 0 Å². The van der Waals surface area contributed by atoms with Gasteiger partial charge in [-0.15, -0.1) is 11.3 Å². The molecule has 1 N–H and O–H groups in total. The number of aromatic nitrogens is 1. The Balaban J connectivity index is 2.37. The van der Waals surface area contributed by atoms with Gasteiger partial charge in [-0.25, -0.2) is 9.37 Å². The summed E-state index contributed by atoms with van der Waals surface area (Å²) in [4.78, 5) is 5.67. The Morgan fingerprint density at radius 1 is 1.44 bits per heavy atom. The van der Waals surface area contributed by atoms with Crippen molar-refractivity contribution in [2.45, 2.75) is 13.5 Å². The van der Waals surface area contributed by atoms with E-state index in [9.17, 15) is 4.39 Å². The van der Waals surface area contributed by atoms with Gasteiger partial charge in [0.1, 0.15) is 10.8 Å². The molecule has 0 saturated carbocycles. The van der Waals surface area contributed by atoms with Gasteiger partial charge in [0.25, 0.3) is 0 Å². The maximum atomic E-state index is 13.1. The molecule has 1 aromatic carbocycles. The van der Waals surface area contributed by atoms with Crippen LogP contribution in [0.25, 0.3) is 10.6 Å². The molecule has 0 spiro atoms. The van der Waals surface area contributed by atoms with Gasteiger partial charge in [0.05, 0.1) is 5.69 Å². The molecule has 0 saturated heterocycles. The number of nitrogens with zero attached hydrogens (tertiary/aromatic N) is 1. The van der Waals surface area contributed by atoms with E-state index in [2.05, 4.69) is 10.3 Å². The van der Waals surface area contributed by atoms with E-state index in [4.69, 9.17) is 0 Å². The van der Waals surface area contributed by atoms with E-state index in [1.54, 1.807) is 17.4 Å². The van der Waals surface area contributed by atoms with Crippen LogP contribution in [-0.4, -0.2) is 12.0 Å². The Morgan fingerprint density at radius 2 is 2.25 bits per heavy atom. The molecule has 2 aromatic rings. The minimum Gasteiger partial charge on any atom is -0.314 e. The minimum absolute atomic E-state index is 0.222. The van der Waals surface area contributed by atoms with Gasteiger partial charge in [-0.1, -0.05) is 12.1 Å². The van der Waals surface area contributed by atoms with Crippen LogP contribution in [0.3, 0.4) is 0 Å². The van der Waals surface area contributed by atoms with Gasteiger partial charge in [-0.2, -0.15) is 0 Å². The van der Waals surface area contributed by atoms with Crippen molar-refractivity contribution in [1.29, 1.82) is 0 Å². The van der Waals surface area contributed by atoms with Crippen LogP contribution in [0.2, 0.25) is 0 Å². The Bertz CT molecular complexity index is 494. The Hall–Kier alpha value is -1.26. The number of halogens is 1. The predicted octanol–water partition coefficient (Wildman–Crippen LogP) is 2.98. The van der Waals surface area contributed by atoms with Crippen molar-refractivity contribution >= 4 is 11.3 Å². The van der Waals surface area contributed by atoms with Crippen LogP contribution in [-0.2, 0) is 6.54 Å². The van der Waals surface area contributed by atoms with Gasteiger partial charge in [0.15, 0.2) is 0 Å². The standard InChI is InChI=1S/C12H13FN2S/c1-8-11(7-14-2)15-12(16-8)9-4-3-5-10(13)6-9/h3-6,14H,7H2,1-2H3. The largest absolute Gasteiger partial charge is 0.314 e. The molecule has 0 unspecified atom stereocenters. The second-order valence-corrected chi connectivity index (χ2v) is 4.77. The molecule has 0 amide bonds. The molecule has 1 heterocycles. The fourth-order valence-corrected chi connectivity index (χ4v) is 2.43. The van der Waals surface area contributed by atoms with E-state index in [0.717, 1.165) is 22.8 Å². The summed E-state index contributed by atoms with van der Waals surface area (Å²) in [5, 5.41) is 3.95. The molecule has 2 nitrogen and oxygen atoms in total. The number of rotatable bonds is 3. The number of benzene rings is 1. The summed E-state index contributed by atoms with van der Waals surface area (Å²) in [5.41, 5.74) is 1.88. The third-order valence-corrected chi connectivity index (χ3v) is 3.37. The fourth-order valence-electron chi connectivity index (χ4n) is 1.50. The van der Waals surface area contributed by atoms with Crippen LogP contribution in [0.15, 0.2) is 24.3 Å². The first-order valence-corrected chi connectivity index (χ1v) is 5.89. The lowest BCUT2D eigenvalue weighted by Crippen LogP contribution is -2.06. The van der Waals surface area contributed by atoms with Crippen LogP contribution >= 0.6 is 11.3 Å². The third kappa shape index (κ3) is 2.28. The van der Waals surface area contributed by atoms with Crippen LogP contribution in [0.1, 0.15) is 10.6 Å². The fraction of sp³-hybridized carbons (Fsp3) is 0.250. The van der Waals surface area contributed by atoms with Crippen molar-refractivity contribution in [2.24, 2.45) is 0 Å². The topological polar surface area (TPSA) is 24.9 Å². The first-order valence-electron chi connectivity index (χ1n) is 5.07. The molecular formula is C12H13FN2S. The Labute approximate surface area is 98.2 Å². The van der Waals surface area contributed by atoms with Crippen LogP contribution in [0.5, 0.6) is 0 Å². The van der Waals surface area contributed by atoms with Crippen molar-refractivity contribution in [3.63, 3.8) is 0 Å². The second kappa shape index (κ2) is 4.72. The van der Waals surface area contributed by atoms with Crippen LogP contribution < -0.4 is 5.32 Å². The van der Waals surface area contributed by atoms with Gasteiger partial charge in [-0.3, -0.25) is 0 Å². The summed E-state index contributed by atoms with van der Waals surface area (Å²) < 4.78 is 13.1. The molecule has 0 radical (unpaired) electrons. The average molecular weight is 236 g/mol. The normalized spacial score (nSPS) is 10.7. The molecule has 2 rings (SSSR count). The van der Waals surface area contributed by atoms with Gasteiger partial charge < -0.3 is 5.32 Å². The van der Waals surface area contributed by atoms with Crippen molar-refractivity contribution in [3.8, 4) is 10.6 Å². The molecule has 0 fully saturated rings. The zero-order valence-corrected chi connectivity index (χ0v) is 10.1. The molecular weight excluding hydrogens is 223 g/mol. The third-order valence-electron chi connectivity index (χ3n) is 2.31. The molecule has 1 aromatic heterocycles. The molecule has 0 aliphatic carbocycles. The molecule has 16 heavy (non-hydrogen) atoms. The highest BCUT2D eigenvalue weighted by molar-refractivity contribution is 7.15. The first kappa shape index (κ1) is 11.2. The molecule has 4 heteroatoms. The Kier molecular flexibility index (Phi) is 3.31. The van der Waals surface area contributed by atoms with E-state index in [1.165, 1.54) is 17.0 Å². The van der Waals surface area contributed by atoms with Crippen molar-refractivity contribution in [1.82, 2.24) is 10.3 Å². The van der Waals surface area contributed by atoms with Crippen LogP contribution in [0, 0.1) is 12.7 Å². The summed E-state index contributed by atoms with van der Waals surface area (Å²) in [6.45, 7) is 2.78. The first-order chi connectivity index (χ1) is 7.70. The zero-order valence-electron chi connectivity index (χ0n) is 9.25. The van der Waals surface area contributed by atoms with E-state index >= 15 is 0 Å². The molecule has 0 aliphatic heterocycles.